The summed E-state index contributed by atoms with van der Waals surface area (Å²) in [5, 5.41) is 6.69. The molecule has 1 unspecified atom stereocenters. The number of sulfone groups is 1. The lowest BCUT2D eigenvalue weighted by atomic mass is 10.2. The van der Waals surface area contributed by atoms with Crippen molar-refractivity contribution >= 4 is 9.84 Å². The standard InChI is InChI=1S/C9H11F6NO2S/c10-8(11,12)3-1-2-7(6-16)19(17,18)5-4-9(13,14)15/h7H,1-5H2. The maximum Gasteiger partial charge on any atom is 0.390 e. The summed E-state index contributed by atoms with van der Waals surface area (Å²) in [6, 6.07) is 1.24. The first-order valence-electron chi connectivity index (χ1n) is 5.12. The molecule has 0 aliphatic rings. The smallest absolute Gasteiger partial charge is 0.227 e. The highest BCUT2D eigenvalue weighted by atomic mass is 32.2. The van der Waals surface area contributed by atoms with Gasteiger partial charge >= 0.3 is 12.4 Å². The summed E-state index contributed by atoms with van der Waals surface area (Å²) in [7, 11) is -4.37. The molecule has 0 aliphatic carbocycles. The molecular weight excluding hydrogens is 300 g/mol. The van der Waals surface area contributed by atoms with Crippen LogP contribution in [0.15, 0.2) is 0 Å². The fourth-order valence-electron chi connectivity index (χ4n) is 1.21. The van der Waals surface area contributed by atoms with Gasteiger partial charge in [0, 0.05) is 6.42 Å². The first-order chi connectivity index (χ1) is 8.37. The molecule has 0 saturated heterocycles. The molecule has 0 aromatic rings. The van der Waals surface area contributed by atoms with Gasteiger partial charge in [-0.15, -0.1) is 0 Å². The van der Waals surface area contributed by atoms with Crippen molar-refractivity contribution in [3.8, 4) is 6.07 Å². The van der Waals surface area contributed by atoms with Crippen molar-refractivity contribution in [2.45, 2.75) is 43.3 Å². The molecule has 3 nitrogen and oxygen atoms in total. The number of nitriles is 1. The van der Waals surface area contributed by atoms with Crippen LogP contribution >= 0.6 is 0 Å². The molecule has 10 heteroatoms. The molecule has 19 heavy (non-hydrogen) atoms. The van der Waals surface area contributed by atoms with E-state index in [1.54, 1.807) is 0 Å². The molecule has 0 heterocycles. The van der Waals surface area contributed by atoms with Crippen molar-refractivity contribution in [3.05, 3.63) is 0 Å². The van der Waals surface area contributed by atoms with E-state index in [2.05, 4.69) is 0 Å². The van der Waals surface area contributed by atoms with Crippen molar-refractivity contribution in [2.24, 2.45) is 0 Å². The van der Waals surface area contributed by atoms with Crippen molar-refractivity contribution in [2.75, 3.05) is 5.75 Å². The minimum atomic E-state index is -4.70. The molecule has 1 atom stereocenters. The van der Waals surface area contributed by atoms with E-state index in [0.717, 1.165) is 0 Å². The monoisotopic (exact) mass is 311 g/mol. The largest absolute Gasteiger partial charge is 0.390 e. The van der Waals surface area contributed by atoms with Crippen LogP contribution in [0.1, 0.15) is 25.7 Å². The van der Waals surface area contributed by atoms with E-state index in [4.69, 9.17) is 5.26 Å². The van der Waals surface area contributed by atoms with Gasteiger partial charge in [0.25, 0.3) is 0 Å². The van der Waals surface area contributed by atoms with Crippen LogP contribution in [-0.4, -0.2) is 31.8 Å². The number of hydrogen-bond donors (Lipinski definition) is 0. The quantitative estimate of drug-likeness (QED) is 0.709. The Morgan fingerprint density at radius 2 is 1.47 bits per heavy atom. The molecule has 0 bridgehead atoms. The molecule has 0 aromatic heterocycles. The maximum absolute atomic E-state index is 11.9. The van der Waals surface area contributed by atoms with Crippen LogP contribution in [0.25, 0.3) is 0 Å². The molecule has 0 fully saturated rings. The second kappa shape index (κ2) is 6.45. The Morgan fingerprint density at radius 3 is 1.84 bits per heavy atom. The van der Waals surface area contributed by atoms with Gasteiger partial charge in [0.2, 0.25) is 0 Å². The number of halogens is 6. The lowest BCUT2D eigenvalue weighted by Crippen LogP contribution is -2.26. The number of alkyl halides is 6. The lowest BCUT2D eigenvalue weighted by Gasteiger charge is -2.12. The van der Waals surface area contributed by atoms with E-state index >= 15 is 0 Å². The molecule has 0 rings (SSSR count). The van der Waals surface area contributed by atoms with E-state index in [1.165, 1.54) is 6.07 Å². The summed E-state index contributed by atoms with van der Waals surface area (Å²) in [4.78, 5) is 0. The summed E-state index contributed by atoms with van der Waals surface area (Å²) in [6.45, 7) is 0. The number of nitrogens with zero attached hydrogens (tertiary/aromatic N) is 1. The van der Waals surface area contributed by atoms with Gasteiger partial charge in [0.05, 0.1) is 18.2 Å². The second-order valence-electron chi connectivity index (χ2n) is 3.86. The predicted octanol–water partition coefficient (Wildman–Crippen LogP) is 2.98. The molecule has 0 spiro atoms. The van der Waals surface area contributed by atoms with Crippen molar-refractivity contribution in [1.82, 2.24) is 0 Å². The fraction of sp³-hybridized carbons (Fsp3) is 0.889. The minimum absolute atomic E-state index is 0.618. The summed E-state index contributed by atoms with van der Waals surface area (Å²) < 4.78 is 93.8. The van der Waals surface area contributed by atoms with Crippen LogP contribution in [0.3, 0.4) is 0 Å². The van der Waals surface area contributed by atoms with E-state index < -0.39 is 58.9 Å². The Kier molecular flexibility index (Phi) is 6.12. The van der Waals surface area contributed by atoms with Crippen LogP contribution in [0.4, 0.5) is 26.3 Å². The fourth-order valence-corrected chi connectivity index (χ4v) is 2.70. The van der Waals surface area contributed by atoms with Crippen LogP contribution in [-0.2, 0) is 9.84 Å². The summed E-state index contributed by atoms with van der Waals surface area (Å²) in [6.07, 6.45) is -13.3. The van der Waals surface area contributed by atoms with E-state index in [0.29, 0.717) is 0 Å². The highest BCUT2D eigenvalue weighted by Gasteiger charge is 2.34. The zero-order chi connectivity index (χ0) is 15.3. The van der Waals surface area contributed by atoms with Gasteiger partial charge in [-0.25, -0.2) is 8.42 Å². The maximum atomic E-state index is 11.9. The molecule has 0 radical (unpaired) electrons. The Bertz CT molecular complexity index is 419. The van der Waals surface area contributed by atoms with Crippen molar-refractivity contribution in [1.29, 1.82) is 5.26 Å². The molecule has 0 N–H and O–H groups in total. The van der Waals surface area contributed by atoms with Gasteiger partial charge in [-0.05, 0) is 12.8 Å². The van der Waals surface area contributed by atoms with Crippen LogP contribution in [0.2, 0.25) is 0 Å². The Morgan fingerprint density at radius 1 is 1.00 bits per heavy atom. The molecule has 0 aliphatic heterocycles. The van der Waals surface area contributed by atoms with E-state index in [9.17, 15) is 34.8 Å². The molecule has 0 aromatic carbocycles. The van der Waals surface area contributed by atoms with Crippen molar-refractivity contribution in [3.63, 3.8) is 0 Å². The summed E-state index contributed by atoms with van der Waals surface area (Å²) >= 11 is 0. The summed E-state index contributed by atoms with van der Waals surface area (Å²) in [5.41, 5.74) is 0. The topological polar surface area (TPSA) is 57.9 Å². The third-order valence-electron chi connectivity index (χ3n) is 2.17. The minimum Gasteiger partial charge on any atom is -0.227 e. The van der Waals surface area contributed by atoms with Crippen LogP contribution in [0, 0.1) is 11.3 Å². The van der Waals surface area contributed by atoms with E-state index in [-0.39, 0.29) is 0 Å². The summed E-state index contributed by atoms with van der Waals surface area (Å²) in [5.74, 6) is -1.29. The first-order valence-corrected chi connectivity index (χ1v) is 6.83. The zero-order valence-electron chi connectivity index (χ0n) is 9.55. The Balaban J connectivity index is 4.47. The second-order valence-corrected chi connectivity index (χ2v) is 6.16. The van der Waals surface area contributed by atoms with Crippen LogP contribution in [0.5, 0.6) is 0 Å². The first kappa shape index (κ1) is 18.0. The average molecular weight is 311 g/mol. The van der Waals surface area contributed by atoms with E-state index in [1.807, 2.05) is 0 Å². The zero-order valence-corrected chi connectivity index (χ0v) is 10.4. The van der Waals surface area contributed by atoms with Gasteiger partial charge in [-0.2, -0.15) is 31.6 Å². The number of rotatable bonds is 6. The van der Waals surface area contributed by atoms with Gasteiger partial charge in [0.1, 0.15) is 5.25 Å². The predicted molar refractivity (Wildman–Crippen MR) is 53.8 cm³/mol. The average Bonchev–Trinajstić information content (AvgIpc) is 2.19. The van der Waals surface area contributed by atoms with Crippen molar-refractivity contribution < 1.29 is 34.8 Å². The van der Waals surface area contributed by atoms with Gasteiger partial charge in [0.15, 0.2) is 9.84 Å². The number of hydrogen-bond acceptors (Lipinski definition) is 3. The SMILES string of the molecule is N#CC(CCCC(F)(F)F)S(=O)(=O)CCC(F)(F)F. The molecular formula is C9H11F6NO2S. The van der Waals surface area contributed by atoms with Gasteiger partial charge in [-0.1, -0.05) is 0 Å². The van der Waals surface area contributed by atoms with Gasteiger partial charge < -0.3 is 0 Å². The molecule has 0 amide bonds. The van der Waals surface area contributed by atoms with Gasteiger partial charge in [-0.3, -0.25) is 0 Å². The normalized spacial score (nSPS) is 15.0. The Hall–Kier alpha value is -0.980. The highest BCUT2D eigenvalue weighted by molar-refractivity contribution is 7.92. The molecule has 112 valence electrons. The third kappa shape index (κ3) is 8.69. The van der Waals surface area contributed by atoms with Crippen LogP contribution < -0.4 is 0 Å². The third-order valence-corrected chi connectivity index (χ3v) is 4.16. The Labute approximate surface area is 106 Å². The lowest BCUT2D eigenvalue weighted by molar-refractivity contribution is -0.135. The molecule has 0 saturated carbocycles. The highest BCUT2D eigenvalue weighted by Crippen LogP contribution is 2.25.